The molecule has 0 aromatic rings. The van der Waals surface area contributed by atoms with Crippen molar-refractivity contribution in [1.82, 2.24) is 0 Å². The summed E-state index contributed by atoms with van der Waals surface area (Å²) in [5.74, 6) is -1.84. The van der Waals surface area contributed by atoms with Crippen molar-refractivity contribution < 1.29 is 57.2 Å². The summed E-state index contributed by atoms with van der Waals surface area (Å²) >= 11 is 0. The summed E-state index contributed by atoms with van der Waals surface area (Å²) in [6.07, 6.45) is 15.8. The van der Waals surface area contributed by atoms with Crippen LogP contribution in [0.3, 0.4) is 0 Å². The fourth-order valence-electron chi connectivity index (χ4n) is 6.41. The van der Waals surface area contributed by atoms with Crippen LogP contribution in [0.2, 0.25) is 0 Å². The predicted octanol–water partition coefficient (Wildman–Crippen LogP) is 9.70. The Hall–Kier alpha value is -3.18. The quantitative estimate of drug-likeness (QED) is 0.101. The second-order valence-corrected chi connectivity index (χ2v) is 18.8. The first-order valence-electron chi connectivity index (χ1n) is 21.5. The molecule has 330 valence electrons. The maximum absolute atomic E-state index is 11.8. The van der Waals surface area contributed by atoms with Crippen molar-refractivity contribution in [3.8, 4) is 0 Å². The Morgan fingerprint density at radius 3 is 0.982 bits per heavy atom. The zero-order chi connectivity index (χ0) is 43.6. The molecule has 0 heterocycles. The fourth-order valence-corrected chi connectivity index (χ4v) is 6.41. The van der Waals surface area contributed by atoms with Crippen LogP contribution in [-0.2, 0) is 57.2 Å². The molecule has 3 saturated carbocycles. The van der Waals surface area contributed by atoms with E-state index >= 15 is 0 Å². The summed E-state index contributed by atoms with van der Waals surface area (Å²) in [5, 5.41) is 0. The van der Waals surface area contributed by atoms with Gasteiger partial charge in [-0.2, -0.15) is 0 Å². The van der Waals surface area contributed by atoms with Gasteiger partial charge in [0.05, 0.1) is 29.1 Å². The molecule has 3 fully saturated rings. The molecule has 12 nitrogen and oxygen atoms in total. The average molecular weight is 811 g/mol. The minimum absolute atomic E-state index is 0.108. The lowest BCUT2D eigenvalue weighted by atomic mass is 9.86. The summed E-state index contributed by atoms with van der Waals surface area (Å²) in [7, 11) is 0. The topological polar surface area (TPSA) is 158 Å². The van der Waals surface area contributed by atoms with E-state index in [2.05, 4.69) is 0 Å². The molecule has 0 atom stereocenters. The molecule has 57 heavy (non-hydrogen) atoms. The summed E-state index contributed by atoms with van der Waals surface area (Å²) in [6, 6.07) is 0. The largest absolute Gasteiger partial charge is 0.465 e. The number of ether oxygens (including phenoxy) is 6. The molecule has 0 saturated heterocycles. The Labute approximate surface area is 343 Å². The molecule has 0 radical (unpaired) electrons. The third kappa shape index (κ3) is 19.4. The van der Waals surface area contributed by atoms with Crippen LogP contribution in [0.1, 0.15) is 199 Å². The molecule has 0 aromatic carbocycles. The summed E-state index contributed by atoms with van der Waals surface area (Å²) in [5.41, 5.74) is -2.49. The third-order valence-electron chi connectivity index (χ3n) is 12.0. The smallest absolute Gasteiger partial charge is 0.344 e. The van der Waals surface area contributed by atoms with E-state index in [1.807, 2.05) is 69.2 Å². The lowest BCUT2D eigenvalue weighted by molar-refractivity contribution is -0.172. The van der Waals surface area contributed by atoms with Crippen molar-refractivity contribution in [2.24, 2.45) is 16.2 Å². The minimum atomic E-state index is -0.544. The van der Waals surface area contributed by atoms with Gasteiger partial charge in [-0.15, -0.1) is 0 Å². The van der Waals surface area contributed by atoms with E-state index in [-0.39, 0.29) is 79.3 Å². The molecule has 0 amide bonds. The van der Waals surface area contributed by atoms with Gasteiger partial charge in [-0.25, -0.2) is 4.79 Å². The molecule has 0 N–H and O–H groups in total. The maximum atomic E-state index is 11.8. The lowest BCUT2D eigenvalue weighted by Gasteiger charge is -2.33. The van der Waals surface area contributed by atoms with E-state index < -0.39 is 22.2 Å². The second kappa shape index (κ2) is 23.4. The van der Waals surface area contributed by atoms with E-state index in [1.165, 1.54) is 6.42 Å². The zero-order valence-corrected chi connectivity index (χ0v) is 37.7. The number of carbonyl (C=O) groups excluding carboxylic acids is 6. The minimum Gasteiger partial charge on any atom is -0.465 e. The number of rotatable bonds is 17. The van der Waals surface area contributed by atoms with Gasteiger partial charge in [0.2, 0.25) is 0 Å². The van der Waals surface area contributed by atoms with Crippen LogP contribution >= 0.6 is 0 Å². The standard InChI is InChI=1S/C16H28O4.C15H26O4.C14H24O4/c1-5-15(2,3)14(18)19-12-9-13(17)20-16(4)10-7-6-8-11-16;1-5-14(2,3)13(17)18-11-8-12(16)19-15(4)9-6-7-10-15;1-5-13(2,3)12(16)17-10-11(15)18-14(4)8-6-7-9-14/h5-12H2,1-4H3;5-11H2,1-4H3;5-10H2,1-4H3. The molecule has 0 aromatic heterocycles. The Morgan fingerprint density at radius 2 is 0.684 bits per heavy atom. The average Bonchev–Trinajstić information content (AvgIpc) is 3.78. The third-order valence-corrected chi connectivity index (χ3v) is 12.0. The Balaban J connectivity index is 0.000000428. The van der Waals surface area contributed by atoms with Crippen molar-refractivity contribution in [2.45, 2.75) is 215 Å². The highest BCUT2D eigenvalue weighted by atomic mass is 16.6. The molecule has 0 unspecified atom stereocenters. The molecule has 3 aliphatic carbocycles. The Kier molecular flexibility index (Phi) is 21.3. The van der Waals surface area contributed by atoms with Gasteiger partial charge in [0.25, 0.3) is 0 Å². The van der Waals surface area contributed by atoms with Gasteiger partial charge < -0.3 is 28.4 Å². The van der Waals surface area contributed by atoms with E-state index in [0.29, 0.717) is 19.3 Å². The van der Waals surface area contributed by atoms with Gasteiger partial charge in [0.15, 0.2) is 6.61 Å². The van der Waals surface area contributed by atoms with Gasteiger partial charge in [-0.05, 0) is 159 Å². The molecular formula is C45H78O12. The number of carbonyl (C=O) groups is 6. The monoisotopic (exact) mass is 811 g/mol. The summed E-state index contributed by atoms with van der Waals surface area (Å²) in [6.45, 7) is 22.6. The highest BCUT2D eigenvalue weighted by Gasteiger charge is 2.35. The Morgan fingerprint density at radius 1 is 0.421 bits per heavy atom. The second-order valence-electron chi connectivity index (χ2n) is 18.8. The maximum Gasteiger partial charge on any atom is 0.344 e. The van der Waals surface area contributed by atoms with Crippen LogP contribution in [0.15, 0.2) is 0 Å². The zero-order valence-electron chi connectivity index (χ0n) is 37.7. The van der Waals surface area contributed by atoms with Crippen LogP contribution in [0.5, 0.6) is 0 Å². The fraction of sp³-hybridized carbons (Fsp3) is 0.867. The van der Waals surface area contributed by atoms with Crippen LogP contribution in [0.25, 0.3) is 0 Å². The van der Waals surface area contributed by atoms with E-state index in [4.69, 9.17) is 28.4 Å². The molecule has 12 heteroatoms. The number of hydrogen-bond donors (Lipinski definition) is 0. The van der Waals surface area contributed by atoms with Crippen LogP contribution in [-0.4, -0.2) is 72.4 Å². The first-order chi connectivity index (χ1) is 26.4. The van der Waals surface area contributed by atoms with Crippen LogP contribution in [0, 0.1) is 16.2 Å². The van der Waals surface area contributed by atoms with E-state index in [1.54, 1.807) is 13.8 Å². The van der Waals surface area contributed by atoms with Crippen molar-refractivity contribution in [3.05, 3.63) is 0 Å². The van der Waals surface area contributed by atoms with Crippen LogP contribution in [0.4, 0.5) is 0 Å². The number of hydrogen-bond acceptors (Lipinski definition) is 12. The molecule has 3 rings (SSSR count). The molecular weight excluding hydrogens is 732 g/mol. The SMILES string of the molecule is CCC(C)(C)C(=O)OCC(=O)OC1(C)CCCC1.CCC(C)(C)C(=O)OCCC(=O)OC1(C)CCCC1.CCC(C)(C)C(=O)OCCC(=O)OC1(C)CCCCC1. The highest BCUT2D eigenvalue weighted by Crippen LogP contribution is 2.34. The first-order valence-corrected chi connectivity index (χ1v) is 21.5. The lowest BCUT2D eigenvalue weighted by Crippen LogP contribution is -2.34. The highest BCUT2D eigenvalue weighted by molar-refractivity contribution is 5.80. The first kappa shape index (κ1) is 51.8. The Bertz CT molecular complexity index is 1290. The van der Waals surface area contributed by atoms with Crippen LogP contribution < -0.4 is 0 Å². The van der Waals surface area contributed by atoms with Crippen molar-refractivity contribution in [3.63, 3.8) is 0 Å². The van der Waals surface area contributed by atoms with Crippen molar-refractivity contribution in [1.29, 1.82) is 0 Å². The molecule has 3 aliphatic rings. The predicted molar refractivity (Wildman–Crippen MR) is 218 cm³/mol. The van der Waals surface area contributed by atoms with E-state index in [0.717, 1.165) is 77.0 Å². The summed E-state index contributed by atoms with van der Waals surface area (Å²) < 4.78 is 31.7. The van der Waals surface area contributed by atoms with Gasteiger partial charge >= 0.3 is 35.8 Å². The van der Waals surface area contributed by atoms with E-state index in [9.17, 15) is 28.8 Å². The van der Waals surface area contributed by atoms with Gasteiger partial charge in [0.1, 0.15) is 30.0 Å². The summed E-state index contributed by atoms with van der Waals surface area (Å²) in [4.78, 5) is 70.3. The molecule has 0 spiro atoms. The van der Waals surface area contributed by atoms with Gasteiger partial charge in [0, 0.05) is 0 Å². The normalized spacial score (nSPS) is 18.3. The molecule has 0 bridgehead atoms. The van der Waals surface area contributed by atoms with Crippen molar-refractivity contribution >= 4 is 35.8 Å². The van der Waals surface area contributed by atoms with Gasteiger partial charge in [-0.1, -0.05) is 27.2 Å². The number of esters is 6. The molecule has 0 aliphatic heterocycles. The van der Waals surface area contributed by atoms with Gasteiger partial charge in [-0.3, -0.25) is 24.0 Å². The van der Waals surface area contributed by atoms with Crippen molar-refractivity contribution in [2.75, 3.05) is 19.8 Å².